The number of fused-ring (bicyclic) bond motifs is 1. The zero-order chi connectivity index (χ0) is 19.4. The Morgan fingerprint density at radius 1 is 1.00 bits per heavy atom. The highest BCUT2D eigenvalue weighted by atomic mass is 16.5. The van der Waals surface area contributed by atoms with Crippen LogP contribution < -0.4 is 0 Å². The number of esters is 1. The molecular weight excluding hydrogens is 338 g/mol. The highest BCUT2D eigenvalue weighted by Crippen LogP contribution is 2.22. The first-order valence-corrected chi connectivity index (χ1v) is 9.32. The molecule has 0 spiro atoms. The third kappa shape index (κ3) is 4.27. The minimum atomic E-state index is -0.328. The molecule has 27 heavy (non-hydrogen) atoms. The summed E-state index contributed by atoms with van der Waals surface area (Å²) < 4.78 is 7.07. The van der Waals surface area contributed by atoms with Crippen LogP contribution in [0.3, 0.4) is 0 Å². The molecule has 3 aromatic rings. The molecule has 0 saturated heterocycles. The van der Waals surface area contributed by atoms with E-state index in [1.165, 1.54) is 16.7 Å². The molecule has 3 rings (SSSR count). The number of nitrogens with zero attached hydrogens (tertiary/aromatic N) is 1. The number of rotatable bonds is 7. The summed E-state index contributed by atoms with van der Waals surface area (Å²) >= 11 is 0. The normalized spacial score (nSPS) is 10.9. The summed E-state index contributed by atoms with van der Waals surface area (Å²) in [7, 11) is 0. The Balaban J connectivity index is 1.84. The number of hydrogen-bond donors (Lipinski definition) is 0. The van der Waals surface area contributed by atoms with Gasteiger partial charge in [0, 0.05) is 30.2 Å². The maximum Gasteiger partial charge on any atom is 0.306 e. The van der Waals surface area contributed by atoms with Crippen molar-refractivity contribution in [1.29, 1.82) is 0 Å². The summed E-state index contributed by atoms with van der Waals surface area (Å²) in [5, 5.41) is 1.10. The molecule has 0 amide bonds. The van der Waals surface area contributed by atoms with Gasteiger partial charge in [-0.1, -0.05) is 30.3 Å². The molecule has 0 unspecified atom stereocenters. The monoisotopic (exact) mass is 363 g/mol. The summed E-state index contributed by atoms with van der Waals surface area (Å²) in [4.78, 5) is 24.0. The van der Waals surface area contributed by atoms with Gasteiger partial charge in [-0.15, -0.1) is 0 Å². The molecule has 2 aromatic carbocycles. The second kappa shape index (κ2) is 8.21. The zero-order valence-electron chi connectivity index (χ0n) is 16.1. The summed E-state index contributed by atoms with van der Waals surface area (Å²) in [5.74, 6) is -0.366. The minimum absolute atomic E-state index is 0.0372. The van der Waals surface area contributed by atoms with Crippen molar-refractivity contribution in [2.24, 2.45) is 0 Å². The second-order valence-electron chi connectivity index (χ2n) is 6.82. The molecule has 0 radical (unpaired) electrons. The minimum Gasteiger partial charge on any atom is -0.466 e. The van der Waals surface area contributed by atoms with Crippen molar-refractivity contribution in [2.45, 2.75) is 40.2 Å². The summed E-state index contributed by atoms with van der Waals surface area (Å²) in [6, 6.07) is 14.1. The second-order valence-corrected chi connectivity index (χ2v) is 6.82. The number of benzene rings is 2. The maximum atomic E-state index is 12.5. The van der Waals surface area contributed by atoms with Crippen LogP contribution in [0.1, 0.15) is 46.8 Å². The van der Waals surface area contributed by atoms with Gasteiger partial charge in [0.2, 0.25) is 0 Å². The van der Waals surface area contributed by atoms with Crippen LogP contribution in [0.4, 0.5) is 0 Å². The topological polar surface area (TPSA) is 48.3 Å². The predicted molar refractivity (Wildman–Crippen MR) is 107 cm³/mol. The lowest BCUT2D eigenvalue weighted by Gasteiger charge is -2.12. The first-order valence-electron chi connectivity index (χ1n) is 9.32. The van der Waals surface area contributed by atoms with Gasteiger partial charge in [0.05, 0.1) is 13.0 Å². The molecule has 0 fully saturated rings. The van der Waals surface area contributed by atoms with Crippen LogP contribution >= 0.6 is 0 Å². The van der Waals surface area contributed by atoms with E-state index in [0.717, 1.165) is 17.4 Å². The summed E-state index contributed by atoms with van der Waals surface area (Å²) in [6.45, 7) is 7.11. The van der Waals surface area contributed by atoms with Crippen molar-refractivity contribution in [2.75, 3.05) is 6.61 Å². The van der Waals surface area contributed by atoms with Gasteiger partial charge in [0.1, 0.15) is 0 Å². The molecule has 0 saturated carbocycles. The summed E-state index contributed by atoms with van der Waals surface area (Å²) in [6.07, 6.45) is 2.35. The quantitative estimate of drug-likeness (QED) is 0.446. The Bertz CT molecular complexity index is 964. The summed E-state index contributed by atoms with van der Waals surface area (Å²) in [5.41, 5.74) is 5.49. The van der Waals surface area contributed by atoms with E-state index >= 15 is 0 Å². The van der Waals surface area contributed by atoms with Gasteiger partial charge in [-0.25, -0.2) is 0 Å². The molecule has 4 nitrogen and oxygen atoms in total. The van der Waals surface area contributed by atoms with E-state index in [9.17, 15) is 9.59 Å². The van der Waals surface area contributed by atoms with Crippen LogP contribution in [0.2, 0.25) is 0 Å². The first-order chi connectivity index (χ1) is 13.0. The van der Waals surface area contributed by atoms with Crippen molar-refractivity contribution in [3.63, 3.8) is 0 Å². The lowest BCUT2D eigenvalue weighted by atomic mass is 10.0. The van der Waals surface area contributed by atoms with E-state index in [1.54, 1.807) is 6.92 Å². The van der Waals surface area contributed by atoms with Crippen molar-refractivity contribution in [1.82, 2.24) is 4.57 Å². The SMILES string of the molecule is CCOC(=O)CCC(=O)c1ccc2ccn(Cc3c(C)cccc3C)c2c1. The number of Topliss-reactive ketones (excluding diaryl/α,β-unsaturated/α-hetero) is 1. The molecule has 0 aliphatic rings. The van der Waals surface area contributed by atoms with Crippen LogP contribution in [-0.2, 0) is 16.1 Å². The standard InChI is InChI=1S/C23H25NO3/c1-4-27-23(26)11-10-22(25)19-9-8-18-12-13-24(21(18)14-19)15-20-16(2)6-5-7-17(20)3/h5-9,12-14H,4,10-11,15H2,1-3H3. The van der Waals surface area contributed by atoms with Gasteiger partial charge in [-0.2, -0.15) is 0 Å². The fourth-order valence-corrected chi connectivity index (χ4v) is 3.36. The van der Waals surface area contributed by atoms with E-state index in [1.807, 2.05) is 18.2 Å². The third-order valence-corrected chi connectivity index (χ3v) is 4.93. The average Bonchev–Trinajstić information content (AvgIpc) is 3.05. The van der Waals surface area contributed by atoms with Crippen molar-refractivity contribution in [3.05, 3.63) is 70.9 Å². The van der Waals surface area contributed by atoms with Crippen LogP contribution in [0.15, 0.2) is 48.7 Å². The van der Waals surface area contributed by atoms with E-state index in [2.05, 4.69) is 48.9 Å². The smallest absolute Gasteiger partial charge is 0.306 e. The van der Waals surface area contributed by atoms with Crippen LogP contribution in [0, 0.1) is 13.8 Å². The number of hydrogen-bond acceptors (Lipinski definition) is 3. The molecule has 140 valence electrons. The Hall–Kier alpha value is -2.88. The highest BCUT2D eigenvalue weighted by Gasteiger charge is 2.12. The number of aromatic nitrogens is 1. The van der Waals surface area contributed by atoms with Crippen LogP contribution in [-0.4, -0.2) is 22.9 Å². The van der Waals surface area contributed by atoms with E-state index in [0.29, 0.717) is 12.2 Å². The molecule has 0 atom stereocenters. The lowest BCUT2D eigenvalue weighted by molar-refractivity contribution is -0.143. The van der Waals surface area contributed by atoms with E-state index in [-0.39, 0.29) is 24.6 Å². The third-order valence-electron chi connectivity index (χ3n) is 4.93. The van der Waals surface area contributed by atoms with Gasteiger partial charge >= 0.3 is 5.97 Å². The number of ether oxygens (including phenoxy) is 1. The molecule has 1 aromatic heterocycles. The fourth-order valence-electron chi connectivity index (χ4n) is 3.36. The lowest BCUT2D eigenvalue weighted by Crippen LogP contribution is -2.08. The average molecular weight is 363 g/mol. The fraction of sp³-hybridized carbons (Fsp3) is 0.304. The number of ketones is 1. The van der Waals surface area contributed by atoms with Crippen molar-refractivity contribution >= 4 is 22.7 Å². The van der Waals surface area contributed by atoms with Gasteiger partial charge in [0.15, 0.2) is 5.78 Å². The Labute approximate surface area is 159 Å². The predicted octanol–water partition coefficient (Wildman–Crippen LogP) is 4.83. The number of carbonyl (C=O) groups is 2. The molecule has 0 N–H and O–H groups in total. The number of aryl methyl sites for hydroxylation is 2. The zero-order valence-corrected chi connectivity index (χ0v) is 16.1. The van der Waals surface area contributed by atoms with E-state index < -0.39 is 0 Å². The van der Waals surface area contributed by atoms with Crippen molar-refractivity contribution < 1.29 is 14.3 Å². The highest BCUT2D eigenvalue weighted by molar-refractivity contribution is 6.00. The molecule has 0 bridgehead atoms. The Kier molecular flexibility index (Phi) is 5.75. The largest absolute Gasteiger partial charge is 0.466 e. The Morgan fingerprint density at radius 2 is 1.74 bits per heavy atom. The van der Waals surface area contributed by atoms with Gasteiger partial charge in [0.25, 0.3) is 0 Å². The van der Waals surface area contributed by atoms with E-state index in [4.69, 9.17) is 4.74 Å². The Morgan fingerprint density at radius 3 is 2.44 bits per heavy atom. The molecule has 0 aliphatic carbocycles. The van der Waals surface area contributed by atoms with Crippen molar-refractivity contribution in [3.8, 4) is 0 Å². The molecule has 0 aliphatic heterocycles. The molecule has 4 heteroatoms. The van der Waals surface area contributed by atoms with Gasteiger partial charge < -0.3 is 9.30 Å². The van der Waals surface area contributed by atoms with Crippen LogP contribution in [0.5, 0.6) is 0 Å². The van der Waals surface area contributed by atoms with Gasteiger partial charge in [-0.05, 0) is 55.0 Å². The van der Waals surface area contributed by atoms with Gasteiger partial charge in [-0.3, -0.25) is 9.59 Å². The van der Waals surface area contributed by atoms with Crippen LogP contribution in [0.25, 0.3) is 10.9 Å². The number of carbonyl (C=O) groups excluding carboxylic acids is 2. The molecular formula is C23H25NO3. The maximum absolute atomic E-state index is 12.5. The first kappa shape index (κ1) is 18.9. The molecule has 1 heterocycles.